The number of fused-ring (bicyclic) bond motifs is 3. The summed E-state index contributed by atoms with van der Waals surface area (Å²) in [7, 11) is 0. The van der Waals surface area contributed by atoms with Crippen molar-refractivity contribution in [2.24, 2.45) is 0 Å². The molecule has 0 bridgehead atoms. The van der Waals surface area contributed by atoms with Crippen LogP contribution in [0, 0.1) is 13.8 Å². The Labute approximate surface area is 209 Å². The van der Waals surface area contributed by atoms with Crippen molar-refractivity contribution in [3.8, 4) is 0 Å². The van der Waals surface area contributed by atoms with Gasteiger partial charge in [0.25, 0.3) is 0 Å². The zero-order valence-electron chi connectivity index (χ0n) is 20.7. The highest BCUT2D eigenvalue weighted by molar-refractivity contribution is 5.92. The number of hydrazine groups is 1. The number of benzene rings is 2. The molecule has 2 amide bonds. The summed E-state index contributed by atoms with van der Waals surface area (Å²) >= 11 is 0. The Bertz CT molecular complexity index is 1430. The lowest BCUT2D eigenvalue weighted by molar-refractivity contribution is -0.134. The van der Waals surface area contributed by atoms with E-state index in [-0.39, 0.29) is 30.7 Å². The first-order chi connectivity index (χ1) is 17.4. The normalized spacial score (nSPS) is 15.9. The third-order valence-electron chi connectivity index (χ3n) is 6.48. The number of anilines is 2. The van der Waals surface area contributed by atoms with E-state index in [1.807, 2.05) is 29.2 Å². The van der Waals surface area contributed by atoms with Crippen LogP contribution < -0.4 is 15.8 Å². The molecule has 0 spiro atoms. The van der Waals surface area contributed by atoms with Crippen molar-refractivity contribution in [2.45, 2.75) is 39.7 Å². The SMILES string of the molecule is Cc1cccc(N2CCN(C(=O)CCC(=O)NNc3nc4ccccc4c4nc(C)nn34)CC2C)c1. The molecule has 2 aromatic heterocycles. The van der Waals surface area contributed by atoms with Gasteiger partial charge >= 0.3 is 0 Å². The van der Waals surface area contributed by atoms with E-state index in [4.69, 9.17) is 0 Å². The molecule has 0 saturated carbocycles. The van der Waals surface area contributed by atoms with Crippen molar-refractivity contribution in [1.29, 1.82) is 0 Å². The second-order valence-electron chi connectivity index (χ2n) is 9.24. The topological polar surface area (TPSA) is 108 Å². The van der Waals surface area contributed by atoms with Gasteiger partial charge in [-0.3, -0.25) is 20.4 Å². The minimum atomic E-state index is -0.297. The van der Waals surface area contributed by atoms with Gasteiger partial charge in [0.15, 0.2) is 5.65 Å². The Morgan fingerprint density at radius 2 is 1.86 bits per heavy atom. The summed E-state index contributed by atoms with van der Waals surface area (Å²) in [5.41, 5.74) is 9.29. The Morgan fingerprint density at radius 3 is 2.67 bits per heavy atom. The number of piperazine rings is 1. The summed E-state index contributed by atoms with van der Waals surface area (Å²) in [6, 6.07) is 16.2. The molecule has 1 unspecified atom stereocenters. The zero-order valence-corrected chi connectivity index (χ0v) is 20.7. The molecule has 1 atom stereocenters. The van der Waals surface area contributed by atoms with E-state index in [0.29, 0.717) is 30.5 Å². The number of aromatic nitrogens is 4. The standard InChI is InChI=1S/C26H30N8O2/c1-17-7-6-8-20(15-17)33-14-13-32(16-18(33)2)24(36)12-11-23(35)29-30-26-28-22-10-5-4-9-21(22)25-27-19(3)31-34(25)26/h4-10,15,18H,11-14,16H2,1-3H3,(H,28,30)(H,29,35). The van der Waals surface area contributed by atoms with Crippen molar-refractivity contribution in [2.75, 3.05) is 30.0 Å². The molecule has 186 valence electrons. The highest BCUT2D eigenvalue weighted by Gasteiger charge is 2.27. The Balaban J connectivity index is 1.16. The number of hydrogen-bond donors (Lipinski definition) is 2. The maximum absolute atomic E-state index is 12.8. The first kappa shape index (κ1) is 23.5. The van der Waals surface area contributed by atoms with Crippen LogP contribution in [0.25, 0.3) is 16.6 Å². The van der Waals surface area contributed by atoms with Gasteiger partial charge in [-0.15, -0.1) is 5.10 Å². The van der Waals surface area contributed by atoms with E-state index in [2.05, 4.69) is 68.9 Å². The highest BCUT2D eigenvalue weighted by Crippen LogP contribution is 2.22. The second-order valence-corrected chi connectivity index (χ2v) is 9.24. The molecule has 1 saturated heterocycles. The zero-order chi connectivity index (χ0) is 25.2. The monoisotopic (exact) mass is 486 g/mol. The van der Waals surface area contributed by atoms with E-state index < -0.39 is 0 Å². The molecule has 5 rings (SSSR count). The van der Waals surface area contributed by atoms with Crippen molar-refractivity contribution in [3.63, 3.8) is 0 Å². The van der Waals surface area contributed by atoms with Crippen molar-refractivity contribution in [3.05, 3.63) is 59.9 Å². The molecule has 0 aliphatic carbocycles. The van der Waals surface area contributed by atoms with E-state index in [0.717, 1.165) is 17.4 Å². The van der Waals surface area contributed by atoms with Gasteiger partial charge in [0, 0.05) is 49.6 Å². The summed E-state index contributed by atoms with van der Waals surface area (Å²) < 4.78 is 1.57. The maximum Gasteiger partial charge on any atom is 0.245 e. The van der Waals surface area contributed by atoms with Crippen LogP contribution in [0.5, 0.6) is 0 Å². The lowest BCUT2D eigenvalue weighted by Crippen LogP contribution is -2.53. The average molecular weight is 487 g/mol. The van der Waals surface area contributed by atoms with Gasteiger partial charge in [-0.25, -0.2) is 9.97 Å². The molecule has 10 heteroatoms. The van der Waals surface area contributed by atoms with E-state index in [1.54, 1.807) is 11.4 Å². The summed E-state index contributed by atoms with van der Waals surface area (Å²) in [6.07, 6.45) is 0.221. The lowest BCUT2D eigenvalue weighted by Gasteiger charge is -2.41. The molecule has 0 radical (unpaired) electrons. The molecule has 36 heavy (non-hydrogen) atoms. The predicted octanol–water partition coefficient (Wildman–Crippen LogP) is 2.85. The number of carbonyl (C=O) groups is 2. The van der Waals surface area contributed by atoms with Crippen LogP contribution in [-0.4, -0.2) is 62.0 Å². The minimum absolute atomic E-state index is 0.0148. The number of hydrogen-bond acceptors (Lipinski definition) is 7. The third-order valence-corrected chi connectivity index (χ3v) is 6.48. The van der Waals surface area contributed by atoms with Gasteiger partial charge in [-0.1, -0.05) is 24.3 Å². The fourth-order valence-electron chi connectivity index (χ4n) is 4.68. The lowest BCUT2D eigenvalue weighted by atomic mass is 10.1. The summed E-state index contributed by atoms with van der Waals surface area (Å²) in [5, 5.41) is 5.25. The van der Waals surface area contributed by atoms with Gasteiger partial charge in [0.2, 0.25) is 17.8 Å². The van der Waals surface area contributed by atoms with Crippen LogP contribution in [0.1, 0.15) is 31.2 Å². The van der Waals surface area contributed by atoms with Crippen molar-refractivity contribution in [1.82, 2.24) is 29.9 Å². The Hall–Kier alpha value is -4.21. The molecule has 2 aromatic carbocycles. The number of aryl methyl sites for hydroxylation is 2. The van der Waals surface area contributed by atoms with Gasteiger partial charge < -0.3 is 9.80 Å². The van der Waals surface area contributed by atoms with Gasteiger partial charge in [0.05, 0.1) is 5.52 Å². The first-order valence-electron chi connectivity index (χ1n) is 12.2. The quantitative estimate of drug-likeness (QED) is 0.404. The van der Waals surface area contributed by atoms with E-state index >= 15 is 0 Å². The molecule has 3 heterocycles. The first-order valence-corrected chi connectivity index (χ1v) is 12.2. The number of nitrogens with zero attached hydrogens (tertiary/aromatic N) is 6. The van der Waals surface area contributed by atoms with Crippen LogP contribution in [0.3, 0.4) is 0 Å². The molecular formula is C26H30N8O2. The van der Waals surface area contributed by atoms with Crippen LogP contribution in [0.2, 0.25) is 0 Å². The number of nitrogens with one attached hydrogen (secondary N) is 2. The van der Waals surface area contributed by atoms with E-state index in [1.165, 1.54) is 11.3 Å². The third kappa shape index (κ3) is 4.79. The summed E-state index contributed by atoms with van der Waals surface area (Å²) in [6.45, 7) is 8.06. The van der Waals surface area contributed by atoms with Crippen LogP contribution in [-0.2, 0) is 9.59 Å². The van der Waals surface area contributed by atoms with Crippen LogP contribution in [0.4, 0.5) is 11.6 Å². The maximum atomic E-state index is 12.8. The smallest absolute Gasteiger partial charge is 0.245 e. The van der Waals surface area contributed by atoms with Gasteiger partial charge in [-0.2, -0.15) is 4.52 Å². The second kappa shape index (κ2) is 9.80. The number of amides is 2. The molecule has 1 aliphatic heterocycles. The molecule has 1 aliphatic rings. The fraction of sp³-hybridized carbons (Fsp3) is 0.346. The summed E-state index contributed by atoms with van der Waals surface area (Å²) in [4.78, 5) is 38.6. The van der Waals surface area contributed by atoms with Crippen LogP contribution >= 0.6 is 0 Å². The fourth-order valence-corrected chi connectivity index (χ4v) is 4.68. The van der Waals surface area contributed by atoms with Crippen molar-refractivity contribution < 1.29 is 9.59 Å². The number of carbonyl (C=O) groups excluding carboxylic acids is 2. The number of para-hydroxylation sites is 1. The van der Waals surface area contributed by atoms with Gasteiger partial charge in [-0.05, 0) is 50.6 Å². The molecule has 10 nitrogen and oxygen atoms in total. The van der Waals surface area contributed by atoms with Crippen molar-refractivity contribution >= 4 is 40.0 Å². The largest absolute Gasteiger partial charge is 0.365 e. The number of rotatable bonds is 6. The summed E-state index contributed by atoms with van der Waals surface area (Å²) in [5.74, 6) is 0.642. The average Bonchev–Trinajstić information content (AvgIpc) is 3.27. The molecular weight excluding hydrogens is 456 g/mol. The molecule has 1 fully saturated rings. The predicted molar refractivity (Wildman–Crippen MR) is 139 cm³/mol. The van der Waals surface area contributed by atoms with Gasteiger partial charge in [0.1, 0.15) is 5.82 Å². The Morgan fingerprint density at radius 1 is 1.03 bits per heavy atom. The molecule has 2 N–H and O–H groups in total. The van der Waals surface area contributed by atoms with Crippen LogP contribution in [0.15, 0.2) is 48.5 Å². The molecule has 4 aromatic rings. The van der Waals surface area contributed by atoms with E-state index in [9.17, 15) is 9.59 Å². The minimum Gasteiger partial charge on any atom is -0.365 e. The Kier molecular flexibility index (Phi) is 6.41. The highest BCUT2D eigenvalue weighted by atomic mass is 16.2.